The van der Waals surface area contributed by atoms with Crippen LogP contribution >= 0.6 is 0 Å². The van der Waals surface area contributed by atoms with Crippen molar-refractivity contribution in [1.82, 2.24) is 0 Å². The lowest BCUT2D eigenvalue weighted by Gasteiger charge is -2.11. The molecule has 0 amide bonds. The van der Waals surface area contributed by atoms with Gasteiger partial charge in [0.15, 0.2) is 0 Å². The second kappa shape index (κ2) is 6.35. The quantitative estimate of drug-likeness (QED) is 0.804. The summed E-state index contributed by atoms with van der Waals surface area (Å²) in [7, 11) is 1.27. The van der Waals surface area contributed by atoms with Gasteiger partial charge in [-0.05, 0) is 36.8 Å². The van der Waals surface area contributed by atoms with E-state index in [0.29, 0.717) is 17.9 Å². The van der Waals surface area contributed by atoms with Crippen LogP contribution in [0.4, 0.5) is 8.78 Å². The van der Waals surface area contributed by atoms with Crippen molar-refractivity contribution in [1.29, 1.82) is 0 Å². The van der Waals surface area contributed by atoms with Crippen LogP contribution in [0.3, 0.4) is 0 Å². The molecule has 0 aliphatic rings. The number of carbonyl (C=O) groups excluding carboxylic acids is 1. The second-order valence-corrected chi connectivity index (χ2v) is 4.26. The van der Waals surface area contributed by atoms with E-state index in [1.54, 1.807) is 13.0 Å². The number of hydrogen-bond donors (Lipinski definition) is 0. The van der Waals surface area contributed by atoms with Gasteiger partial charge in [-0.1, -0.05) is 6.07 Å². The van der Waals surface area contributed by atoms with Crippen molar-refractivity contribution in [2.75, 3.05) is 13.7 Å². The van der Waals surface area contributed by atoms with E-state index >= 15 is 0 Å². The fourth-order valence-corrected chi connectivity index (χ4v) is 1.97. The Labute approximate surface area is 121 Å². The van der Waals surface area contributed by atoms with Crippen LogP contribution in [0, 0.1) is 11.6 Å². The molecule has 110 valence electrons. The van der Waals surface area contributed by atoms with Crippen LogP contribution in [-0.4, -0.2) is 19.7 Å². The third-order valence-corrected chi connectivity index (χ3v) is 2.93. The number of methoxy groups -OCH3 is 1. The Bertz CT molecular complexity index is 669. The number of rotatable bonds is 4. The molecule has 0 N–H and O–H groups in total. The van der Waals surface area contributed by atoms with Crippen molar-refractivity contribution in [2.45, 2.75) is 6.92 Å². The zero-order valence-corrected chi connectivity index (χ0v) is 11.7. The molecule has 2 rings (SSSR count). The molecule has 2 aromatic carbocycles. The van der Waals surface area contributed by atoms with E-state index in [2.05, 4.69) is 4.74 Å². The topological polar surface area (TPSA) is 35.5 Å². The average Bonchev–Trinajstić information content (AvgIpc) is 2.47. The fourth-order valence-electron chi connectivity index (χ4n) is 1.97. The number of carbonyl (C=O) groups is 1. The van der Waals surface area contributed by atoms with Gasteiger partial charge in [0.2, 0.25) is 0 Å². The molecule has 0 spiro atoms. The van der Waals surface area contributed by atoms with Gasteiger partial charge in [0.25, 0.3) is 0 Å². The summed E-state index contributed by atoms with van der Waals surface area (Å²) in [5.41, 5.74) is 0.975. The third-order valence-electron chi connectivity index (χ3n) is 2.93. The maximum absolute atomic E-state index is 13.8. The molecule has 0 heterocycles. The zero-order valence-electron chi connectivity index (χ0n) is 11.7. The molecule has 0 saturated heterocycles. The lowest BCUT2D eigenvalue weighted by Crippen LogP contribution is -2.05. The molecule has 0 fully saturated rings. The van der Waals surface area contributed by atoms with Gasteiger partial charge in [-0.25, -0.2) is 13.6 Å². The van der Waals surface area contributed by atoms with Gasteiger partial charge < -0.3 is 9.47 Å². The molecule has 0 aromatic heterocycles. The first-order chi connectivity index (χ1) is 10.1. The maximum atomic E-state index is 13.8. The fraction of sp³-hybridized carbons (Fsp3) is 0.188. The van der Waals surface area contributed by atoms with E-state index in [1.165, 1.54) is 31.4 Å². The zero-order chi connectivity index (χ0) is 15.4. The number of benzene rings is 2. The van der Waals surface area contributed by atoms with Crippen LogP contribution in [0.2, 0.25) is 0 Å². The van der Waals surface area contributed by atoms with Crippen molar-refractivity contribution in [2.24, 2.45) is 0 Å². The van der Waals surface area contributed by atoms with Crippen molar-refractivity contribution < 1.29 is 23.0 Å². The van der Waals surface area contributed by atoms with Crippen molar-refractivity contribution in [3.63, 3.8) is 0 Å². The van der Waals surface area contributed by atoms with Crippen LogP contribution in [0.15, 0.2) is 36.4 Å². The van der Waals surface area contributed by atoms with Gasteiger partial charge >= 0.3 is 5.97 Å². The minimum atomic E-state index is -0.678. The Morgan fingerprint density at radius 1 is 1.14 bits per heavy atom. The first-order valence-corrected chi connectivity index (χ1v) is 6.37. The maximum Gasteiger partial charge on any atom is 0.341 e. The largest absolute Gasteiger partial charge is 0.493 e. The van der Waals surface area contributed by atoms with Gasteiger partial charge in [0.1, 0.15) is 22.9 Å². The Morgan fingerprint density at radius 3 is 2.52 bits per heavy atom. The molecule has 0 bridgehead atoms. The summed E-state index contributed by atoms with van der Waals surface area (Å²) in [4.78, 5) is 11.6. The predicted molar refractivity (Wildman–Crippen MR) is 74.3 cm³/mol. The van der Waals surface area contributed by atoms with Crippen molar-refractivity contribution >= 4 is 5.97 Å². The Balaban J connectivity index is 2.51. The van der Waals surface area contributed by atoms with Crippen LogP contribution in [-0.2, 0) is 4.74 Å². The van der Waals surface area contributed by atoms with Crippen LogP contribution < -0.4 is 4.74 Å². The summed E-state index contributed by atoms with van der Waals surface area (Å²) in [6.07, 6.45) is 0. The van der Waals surface area contributed by atoms with Crippen LogP contribution in [0.25, 0.3) is 11.1 Å². The van der Waals surface area contributed by atoms with E-state index in [-0.39, 0.29) is 11.1 Å². The normalized spacial score (nSPS) is 10.3. The summed E-state index contributed by atoms with van der Waals surface area (Å²) < 4.78 is 36.8. The standard InChI is InChI=1S/C16H14F2O3/c1-3-21-15-8-10(4-6-13(15)16(19)20-2)12-7-5-11(17)9-14(12)18/h4-9H,3H2,1-2H3. The highest BCUT2D eigenvalue weighted by Crippen LogP contribution is 2.30. The van der Waals surface area contributed by atoms with E-state index in [4.69, 9.17) is 4.74 Å². The molecule has 0 aliphatic heterocycles. The van der Waals surface area contributed by atoms with Gasteiger partial charge in [-0.15, -0.1) is 0 Å². The number of halogens is 2. The van der Waals surface area contributed by atoms with Gasteiger partial charge in [0, 0.05) is 11.6 Å². The van der Waals surface area contributed by atoms with Crippen LogP contribution in [0.5, 0.6) is 5.75 Å². The summed E-state index contributed by atoms with van der Waals surface area (Å²) in [6.45, 7) is 2.12. The van der Waals surface area contributed by atoms with E-state index < -0.39 is 17.6 Å². The molecule has 0 unspecified atom stereocenters. The predicted octanol–water partition coefficient (Wildman–Crippen LogP) is 3.82. The summed E-state index contributed by atoms with van der Waals surface area (Å²) in [6, 6.07) is 7.91. The third kappa shape index (κ3) is 3.18. The van der Waals surface area contributed by atoms with Gasteiger partial charge in [0.05, 0.1) is 13.7 Å². The van der Waals surface area contributed by atoms with E-state index in [9.17, 15) is 13.6 Å². The number of esters is 1. The molecular formula is C16H14F2O3. The minimum Gasteiger partial charge on any atom is -0.493 e. The highest BCUT2D eigenvalue weighted by molar-refractivity contribution is 5.93. The van der Waals surface area contributed by atoms with Gasteiger partial charge in [-0.2, -0.15) is 0 Å². The van der Waals surface area contributed by atoms with E-state index in [0.717, 1.165) is 6.07 Å². The summed E-state index contributed by atoms with van der Waals surface area (Å²) in [5, 5.41) is 0. The first kappa shape index (κ1) is 15.0. The highest BCUT2D eigenvalue weighted by atomic mass is 19.1. The molecule has 0 aliphatic carbocycles. The molecule has 5 heteroatoms. The number of hydrogen-bond acceptors (Lipinski definition) is 3. The molecule has 0 saturated carbocycles. The Hall–Kier alpha value is -2.43. The molecule has 0 radical (unpaired) electrons. The van der Waals surface area contributed by atoms with Crippen molar-refractivity contribution in [3.8, 4) is 16.9 Å². The summed E-state index contributed by atoms with van der Waals surface area (Å²) >= 11 is 0. The number of ether oxygens (including phenoxy) is 2. The molecular weight excluding hydrogens is 278 g/mol. The Kier molecular flexibility index (Phi) is 4.52. The van der Waals surface area contributed by atoms with E-state index in [1.807, 2.05) is 0 Å². The smallest absolute Gasteiger partial charge is 0.341 e. The van der Waals surface area contributed by atoms with Gasteiger partial charge in [-0.3, -0.25) is 0 Å². The van der Waals surface area contributed by atoms with Crippen molar-refractivity contribution in [3.05, 3.63) is 53.6 Å². The SMILES string of the molecule is CCOc1cc(-c2ccc(F)cc2F)ccc1C(=O)OC. The highest BCUT2D eigenvalue weighted by Gasteiger charge is 2.15. The molecule has 0 atom stereocenters. The molecule has 3 nitrogen and oxygen atoms in total. The lowest BCUT2D eigenvalue weighted by molar-refractivity contribution is 0.0596. The Morgan fingerprint density at radius 2 is 1.90 bits per heavy atom. The van der Waals surface area contributed by atoms with Crippen LogP contribution in [0.1, 0.15) is 17.3 Å². The molecule has 2 aromatic rings. The second-order valence-electron chi connectivity index (χ2n) is 4.26. The molecule has 21 heavy (non-hydrogen) atoms. The monoisotopic (exact) mass is 292 g/mol. The first-order valence-electron chi connectivity index (χ1n) is 6.37. The minimum absolute atomic E-state index is 0.230. The summed E-state index contributed by atoms with van der Waals surface area (Å²) in [5.74, 6) is -1.56. The average molecular weight is 292 g/mol. The lowest BCUT2D eigenvalue weighted by atomic mass is 10.0.